The molecule has 0 aliphatic heterocycles. The Morgan fingerprint density at radius 1 is 0.895 bits per heavy atom. The number of nitrogens with two attached hydrogens (primary N) is 1. The van der Waals surface area contributed by atoms with E-state index >= 15 is 0 Å². The van der Waals surface area contributed by atoms with Gasteiger partial charge in [-0.25, -0.2) is 0 Å². The van der Waals surface area contributed by atoms with E-state index in [1.165, 1.54) is 51.4 Å². The molecular weight excluding hydrogens is 345 g/mol. The van der Waals surface area contributed by atoms with Crippen LogP contribution >= 0.6 is 22.6 Å². The topological polar surface area (TPSA) is 26.0 Å². The fraction of sp³-hybridized carbons (Fsp3) is 1.00. The molecule has 8 unspecified atom stereocenters. The molecule has 5 rings (SSSR count). The van der Waals surface area contributed by atoms with Gasteiger partial charge < -0.3 is 5.73 Å². The maximum absolute atomic E-state index is 6.28. The summed E-state index contributed by atoms with van der Waals surface area (Å²) in [7, 11) is 0. The van der Waals surface area contributed by atoms with Crippen molar-refractivity contribution < 1.29 is 0 Å². The molecule has 108 valence electrons. The van der Waals surface area contributed by atoms with Crippen molar-refractivity contribution >= 4 is 22.6 Å². The maximum atomic E-state index is 6.28. The van der Waals surface area contributed by atoms with Crippen molar-refractivity contribution in [3.63, 3.8) is 0 Å². The molecule has 5 aliphatic carbocycles. The number of rotatable bonds is 0. The van der Waals surface area contributed by atoms with Crippen molar-refractivity contribution in [2.75, 3.05) is 0 Å². The number of hydrogen-bond acceptors (Lipinski definition) is 1. The third-order valence-corrected chi connectivity index (χ3v) is 8.14. The lowest BCUT2D eigenvalue weighted by Gasteiger charge is -2.46. The predicted octanol–water partition coefficient (Wildman–Crippen LogP) is 4.38. The van der Waals surface area contributed by atoms with E-state index in [-0.39, 0.29) is 0 Å². The van der Waals surface area contributed by atoms with Crippen LogP contribution < -0.4 is 5.73 Å². The second-order valence-corrected chi connectivity index (χ2v) is 10.8. The highest BCUT2D eigenvalue weighted by Crippen LogP contribution is 2.71. The van der Waals surface area contributed by atoms with E-state index in [1.807, 2.05) is 0 Å². The highest BCUT2D eigenvalue weighted by molar-refractivity contribution is 14.1. The third-order valence-electron chi connectivity index (χ3n) is 7.16. The Morgan fingerprint density at radius 3 is 2.47 bits per heavy atom. The molecule has 6 bridgehead atoms. The van der Waals surface area contributed by atoms with Crippen molar-refractivity contribution in [1.82, 2.24) is 0 Å². The highest BCUT2D eigenvalue weighted by Gasteiger charge is 2.65. The van der Waals surface area contributed by atoms with Crippen molar-refractivity contribution in [1.29, 1.82) is 0 Å². The molecule has 19 heavy (non-hydrogen) atoms. The minimum Gasteiger partial charge on any atom is -0.328 e. The van der Waals surface area contributed by atoms with Crippen LogP contribution in [0.5, 0.6) is 0 Å². The van der Waals surface area contributed by atoms with E-state index in [4.69, 9.17) is 5.73 Å². The molecule has 2 heteroatoms. The van der Waals surface area contributed by atoms with Crippen LogP contribution in [-0.2, 0) is 0 Å². The van der Waals surface area contributed by atoms with Gasteiger partial charge in [0.2, 0.25) is 0 Å². The van der Waals surface area contributed by atoms with Gasteiger partial charge in [0.25, 0.3) is 0 Å². The highest BCUT2D eigenvalue weighted by atomic mass is 127. The Labute approximate surface area is 131 Å². The lowest BCUT2D eigenvalue weighted by Crippen LogP contribution is -2.41. The molecule has 0 aromatic rings. The number of halogens is 1. The lowest BCUT2D eigenvalue weighted by molar-refractivity contribution is 0.0188. The lowest BCUT2D eigenvalue weighted by atomic mass is 9.59. The van der Waals surface area contributed by atoms with E-state index in [0.717, 1.165) is 35.5 Å². The average molecular weight is 373 g/mol. The monoisotopic (exact) mass is 373 g/mol. The van der Waals surface area contributed by atoms with E-state index in [1.54, 1.807) is 0 Å². The Morgan fingerprint density at radius 2 is 1.63 bits per heavy atom. The minimum atomic E-state index is 0.504. The third kappa shape index (κ3) is 2.03. The second-order valence-electron chi connectivity index (χ2n) is 8.23. The molecule has 0 radical (unpaired) electrons. The van der Waals surface area contributed by atoms with Gasteiger partial charge in [0.1, 0.15) is 0 Å². The molecule has 8 atom stereocenters. The summed E-state index contributed by atoms with van der Waals surface area (Å²) in [5, 5.41) is 0. The summed E-state index contributed by atoms with van der Waals surface area (Å²) in [4.78, 5) is 0. The maximum Gasteiger partial charge on any atom is 0.0197 e. The molecule has 0 saturated heterocycles. The molecule has 0 heterocycles. The van der Waals surface area contributed by atoms with E-state index in [2.05, 4.69) is 29.5 Å². The van der Waals surface area contributed by atoms with Crippen LogP contribution in [-0.4, -0.2) is 9.46 Å². The number of alkyl halides is 1. The van der Waals surface area contributed by atoms with Crippen molar-refractivity contribution in [2.45, 2.75) is 67.8 Å². The number of hydrogen-bond donors (Lipinski definition) is 1. The van der Waals surface area contributed by atoms with Crippen LogP contribution in [0.1, 0.15) is 58.3 Å². The van der Waals surface area contributed by atoms with Gasteiger partial charge in [-0.2, -0.15) is 0 Å². The summed E-state index contributed by atoms with van der Waals surface area (Å²) < 4.78 is 0.583. The summed E-state index contributed by atoms with van der Waals surface area (Å²) in [6, 6.07) is 0.504. The fourth-order valence-corrected chi connectivity index (χ4v) is 7.36. The Kier molecular flexibility index (Phi) is 3.23. The summed E-state index contributed by atoms with van der Waals surface area (Å²) in [5.74, 6) is 6.59. The molecule has 5 aliphatic rings. The molecule has 0 aromatic carbocycles. The zero-order valence-electron chi connectivity index (χ0n) is 12.2. The molecule has 0 aromatic heterocycles. The first-order chi connectivity index (χ1) is 9.07. The molecule has 0 spiro atoms. The molecule has 0 amide bonds. The van der Waals surface area contributed by atoms with Crippen molar-refractivity contribution in [2.24, 2.45) is 41.2 Å². The summed E-state index contributed by atoms with van der Waals surface area (Å²) in [5.41, 5.74) is 6.28. The first-order valence-electron chi connectivity index (χ1n) is 8.51. The molecule has 1 nitrogen and oxygen atoms in total. The van der Waals surface area contributed by atoms with E-state index in [9.17, 15) is 0 Å². The Hall–Kier alpha value is 0.690. The normalized spacial score (nSPS) is 60.5. The van der Waals surface area contributed by atoms with Gasteiger partial charge >= 0.3 is 0 Å². The second kappa shape index (κ2) is 4.59. The SMILES string of the molecule is CC1(I)CCC2C3C4CCC(N)CCCC3C2C4C1. The summed E-state index contributed by atoms with van der Waals surface area (Å²) in [6.07, 6.45) is 11.5. The van der Waals surface area contributed by atoms with Crippen molar-refractivity contribution in [3.05, 3.63) is 0 Å². The fourth-order valence-electron chi connectivity index (χ4n) is 6.54. The molecule has 2 N–H and O–H groups in total. The largest absolute Gasteiger partial charge is 0.328 e. The molecule has 5 fully saturated rings. The Bertz CT molecular complexity index is 366. The van der Waals surface area contributed by atoms with E-state index < -0.39 is 0 Å². The predicted molar refractivity (Wildman–Crippen MR) is 88.3 cm³/mol. The molecule has 5 saturated carbocycles. The van der Waals surface area contributed by atoms with Gasteiger partial charge in [0, 0.05) is 9.46 Å². The van der Waals surface area contributed by atoms with Crippen LogP contribution in [0.4, 0.5) is 0 Å². The van der Waals surface area contributed by atoms with Crippen LogP contribution in [0.2, 0.25) is 0 Å². The van der Waals surface area contributed by atoms with Crippen LogP contribution in [0.25, 0.3) is 0 Å². The van der Waals surface area contributed by atoms with Gasteiger partial charge in [0.05, 0.1) is 0 Å². The van der Waals surface area contributed by atoms with Gasteiger partial charge in [-0.15, -0.1) is 0 Å². The van der Waals surface area contributed by atoms with Gasteiger partial charge in [0.15, 0.2) is 0 Å². The average Bonchev–Trinajstić information content (AvgIpc) is 2.74. The quantitative estimate of drug-likeness (QED) is 0.495. The summed E-state index contributed by atoms with van der Waals surface area (Å²) >= 11 is 2.76. The summed E-state index contributed by atoms with van der Waals surface area (Å²) in [6.45, 7) is 2.51. The zero-order chi connectivity index (χ0) is 13.2. The van der Waals surface area contributed by atoms with Crippen LogP contribution in [0.3, 0.4) is 0 Å². The Balaban J connectivity index is 1.61. The first-order valence-corrected chi connectivity index (χ1v) is 9.59. The molecular formula is C17H28IN. The smallest absolute Gasteiger partial charge is 0.0197 e. The van der Waals surface area contributed by atoms with E-state index in [0.29, 0.717) is 9.46 Å². The van der Waals surface area contributed by atoms with Gasteiger partial charge in [-0.05, 0) is 80.5 Å². The van der Waals surface area contributed by atoms with Crippen LogP contribution in [0.15, 0.2) is 0 Å². The van der Waals surface area contributed by atoms with Gasteiger partial charge in [-0.3, -0.25) is 0 Å². The van der Waals surface area contributed by atoms with Crippen LogP contribution in [0, 0.1) is 35.5 Å². The van der Waals surface area contributed by atoms with Gasteiger partial charge in [-0.1, -0.05) is 35.9 Å². The minimum absolute atomic E-state index is 0.504. The first kappa shape index (κ1) is 13.4. The zero-order valence-corrected chi connectivity index (χ0v) is 14.3. The standard InChI is InChI=1S/C17H28IN/c1-17(18)8-7-13-15-11-6-5-10(19)3-2-4-12(15)16(13)14(11)9-17/h10-16H,2-9,19H2,1H3. The van der Waals surface area contributed by atoms with Crippen molar-refractivity contribution in [3.8, 4) is 0 Å².